The maximum absolute atomic E-state index is 12.2. The first kappa shape index (κ1) is 22.2. The number of hydrogen-bond donors (Lipinski definition) is 0. The summed E-state index contributed by atoms with van der Waals surface area (Å²) in [6, 6.07) is 10.6. The molecule has 0 aliphatic rings. The Bertz CT molecular complexity index is 1190. The Kier molecular flexibility index (Phi) is 6.80. The minimum Gasteiger partial charge on any atom is -0.493 e. The predicted molar refractivity (Wildman–Crippen MR) is 120 cm³/mol. The molecule has 162 valence electrons. The third-order valence-electron chi connectivity index (χ3n) is 4.85. The summed E-state index contributed by atoms with van der Waals surface area (Å²) in [7, 11) is 1.56. The van der Waals surface area contributed by atoms with Gasteiger partial charge in [-0.1, -0.05) is 18.2 Å². The summed E-state index contributed by atoms with van der Waals surface area (Å²) >= 11 is 0. The lowest BCUT2D eigenvalue weighted by Gasteiger charge is -2.13. The highest BCUT2D eigenvalue weighted by atomic mass is 16.5. The molecule has 0 fully saturated rings. The SMILES string of the molecule is COc1cc(/C=C/C(=O)OCc2cc(=O)oc3c(C)c(C)ccc23)ccc1OC(C)C. The summed E-state index contributed by atoms with van der Waals surface area (Å²) in [4.78, 5) is 24.2. The Morgan fingerprint density at radius 1 is 1.10 bits per heavy atom. The van der Waals surface area contributed by atoms with Gasteiger partial charge in [0.15, 0.2) is 11.5 Å². The number of methoxy groups -OCH3 is 1. The van der Waals surface area contributed by atoms with E-state index in [4.69, 9.17) is 18.6 Å². The van der Waals surface area contributed by atoms with Crippen LogP contribution in [-0.2, 0) is 16.1 Å². The summed E-state index contributed by atoms with van der Waals surface area (Å²) in [5.74, 6) is 0.696. The highest BCUT2D eigenvalue weighted by Gasteiger charge is 2.11. The van der Waals surface area contributed by atoms with E-state index in [1.165, 1.54) is 12.1 Å². The quantitative estimate of drug-likeness (QED) is 0.304. The van der Waals surface area contributed by atoms with Crippen molar-refractivity contribution in [3.8, 4) is 11.5 Å². The second kappa shape index (κ2) is 9.51. The fourth-order valence-corrected chi connectivity index (χ4v) is 3.14. The van der Waals surface area contributed by atoms with Gasteiger partial charge in [0.1, 0.15) is 12.2 Å². The van der Waals surface area contributed by atoms with Gasteiger partial charge in [-0.25, -0.2) is 9.59 Å². The highest BCUT2D eigenvalue weighted by molar-refractivity contribution is 5.88. The molecule has 0 spiro atoms. The number of benzene rings is 2. The zero-order valence-corrected chi connectivity index (χ0v) is 18.4. The smallest absolute Gasteiger partial charge is 0.336 e. The van der Waals surface area contributed by atoms with Gasteiger partial charge in [-0.3, -0.25) is 0 Å². The third kappa shape index (κ3) is 5.34. The Morgan fingerprint density at radius 3 is 2.58 bits per heavy atom. The van der Waals surface area contributed by atoms with Crippen molar-refractivity contribution in [3.63, 3.8) is 0 Å². The molecule has 0 aliphatic carbocycles. The zero-order chi connectivity index (χ0) is 22.5. The first-order chi connectivity index (χ1) is 14.8. The van der Waals surface area contributed by atoms with Crippen LogP contribution in [0.1, 0.15) is 36.1 Å². The van der Waals surface area contributed by atoms with Crippen molar-refractivity contribution < 1.29 is 23.4 Å². The molecule has 0 atom stereocenters. The lowest BCUT2D eigenvalue weighted by molar-refractivity contribution is -0.138. The van der Waals surface area contributed by atoms with Crippen LogP contribution in [-0.4, -0.2) is 19.2 Å². The van der Waals surface area contributed by atoms with Crippen molar-refractivity contribution in [3.05, 3.63) is 75.1 Å². The molecule has 0 saturated carbocycles. The molecule has 31 heavy (non-hydrogen) atoms. The first-order valence-electron chi connectivity index (χ1n) is 10.0. The first-order valence-corrected chi connectivity index (χ1v) is 10.0. The fourth-order valence-electron chi connectivity index (χ4n) is 3.14. The summed E-state index contributed by atoms with van der Waals surface area (Å²) in [6.45, 7) is 7.68. The van der Waals surface area contributed by atoms with Crippen LogP contribution in [0.15, 0.2) is 51.7 Å². The van der Waals surface area contributed by atoms with Crippen LogP contribution in [0.4, 0.5) is 0 Å². The molecule has 3 rings (SSSR count). The molecule has 0 aliphatic heterocycles. The topological polar surface area (TPSA) is 75.0 Å². The lowest BCUT2D eigenvalue weighted by Crippen LogP contribution is -2.07. The fraction of sp³-hybridized carbons (Fsp3) is 0.280. The Hall–Kier alpha value is -3.54. The lowest BCUT2D eigenvalue weighted by atomic mass is 10.0. The molecule has 6 nitrogen and oxygen atoms in total. The predicted octanol–water partition coefficient (Wildman–Crippen LogP) is 4.96. The number of fused-ring (bicyclic) bond motifs is 1. The van der Waals surface area contributed by atoms with Crippen LogP contribution in [0.3, 0.4) is 0 Å². The van der Waals surface area contributed by atoms with E-state index in [1.54, 1.807) is 25.3 Å². The van der Waals surface area contributed by atoms with Crippen molar-refractivity contribution in [2.75, 3.05) is 7.11 Å². The van der Waals surface area contributed by atoms with E-state index >= 15 is 0 Å². The summed E-state index contributed by atoms with van der Waals surface area (Å²) in [5.41, 5.74) is 3.33. The third-order valence-corrected chi connectivity index (χ3v) is 4.85. The van der Waals surface area contributed by atoms with Crippen molar-refractivity contribution in [1.82, 2.24) is 0 Å². The van der Waals surface area contributed by atoms with Gasteiger partial charge >= 0.3 is 11.6 Å². The minimum atomic E-state index is -0.522. The van der Waals surface area contributed by atoms with E-state index < -0.39 is 11.6 Å². The Balaban J connectivity index is 1.73. The number of rotatable bonds is 7. The molecule has 1 heterocycles. The molecule has 1 aromatic heterocycles. The van der Waals surface area contributed by atoms with Gasteiger partial charge in [0, 0.05) is 23.1 Å². The second-order valence-corrected chi connectivity index (χ2v) is 7.49. The van der Waals surface area contributed by atoms with Gasteiger partial charge < -0.3 is 18.6 Å². The summed E-state index contributed by atoms with van der Waals surface area (Å²) < 4.78 is 21.7. The number of carbonyl (C=O) groups is 1. The molecule has 3 aromatic rings. The van der Waals surface area contributed by atoms with E-state index in [0.29, 0.717) is 22.6 Å². The second-order valence-electron chi connectivity index (χ2n) is 7.49. The van der Waals surface area contributed by atoms with Crippen LogP contribution in [0.5, 0.6) is 11.5 Å². The zero-order valence-electron chi connectivity index (χ0n) is 18.4. The molecule has 0 saturated heterocycles. The number of esters is 1. The molecule has 0 bridgehead atoms. The number of carbonyl (C=O) groups excluding carboxylic acids is 1. The van der Waals surface area contributed by atoms with Crippen LogP contribution < -0.4 is 15.1 Å². The van der Waals surface area contributed by atoms with Crippen molar-refractivity contribution in [1.29, 1.82) is 0 Å². The van der Waals surface area contributed by atoms with Crippen molar-refractivity contribution >= 4 is 23.0 Å². The van der Waals surface area contributed by atoms with Gasteiger partial charge in [0.25, 0.3) is 0 Å². The van der Waals surface area contributed by atoms with Crippen LogP contribution in [0.2, 0.25) is 0 Å². The van der Waals surface area contributed by atoms with Gasteiger partial charge in [-0.15, -0.1) is 0 Å². The van der Waals surface area contributed by atoms with Crippen molar-refractivity contribution in [2.45, 2.75) is 40.4 Å². The normalized spacial score (nSPS) is 11.3. The van der Waals surface area contributed by atoms with E-state index in [1.807, 2.05) is 45.9 Å². The molecular weight excluding hydrogens is 396 g/mol. The van der Waals surface area contributed by atoms with Crippen LogP contribution >= 0.6 is 0 Å². The standard InChI is InChI=1S/C25H26O6/c1-15(2)30-21-10-7-18(12-22(21)28-5)8-11-23(26)29-14-19-13-24(27)31-25-17(4)16(3)6-9-20(19)25/h6-13,15H,14H2,1-5H3/b11-8+. The van der Waals surface area contributed by atoms with E-state index in [0.717, 1.165) is 22.1 Å². The van der Waals surface area contributed by atoms with E-state index in [2.05, 4.69) is 0 Å². The Morgan fingerprint density at radius 2 is 1.87 bits per heavy atom. The van der Waals surface area contributed by atoms with Crippen molar-refractivity contribution in [2.24, 2.45) is 0 Å². The molecular formula is C25H26O6. The molecule has 6 heteroatoms. The maximum atomic E-state index is 12.2. The molecule has 0 radical (unpaired) electrons. The molecule has 2 aromatic carbocycles. The minimum absolute atomic E-state index is 0.0227. The van der Waals surface area contributed by atoms with Crippen LogP contribution in [0, 0.1) is 13.8 Å². The summed E-state index contributed by atoms with van der Waals surface area (Å²) in [5, 5.41) is 0.755. The number of aryl methyl sites for hydroxylation is 2. The Labute approximate surface area is 181 Å². The number of hydrogen-bond acceptors (Lipinski definition) is 6. The monoisotopic (exact) mass is 422 g/mol. The molecule has 0 amide bonds. The average molecular weight is 422 g/mol. The van der Waals surface area contributed by atoms with Gasteiger partial charge in [-0.05, 0) is 62.6 Å². The highest BCUT2D eigenvalue weighted by Crippen LogP contribution is 2.29. The van der Waals surface area contributed by atoms with Gasteiger partial charge in [-0.2, -0.15) is 0 Å². The van der Waals surface area contributed by atoms with Gasteiger partial charge in [0.05, 0.1) is 13.2 Å². The molecule has 0 unspecified atom stereocenters. The maximum Gasteiger partial charge on any atom is 0.336 e. The van der Waals surface area contributed by atoms with E-state index in [-0.39, 0.29) is 12.7 Å². The average Bonchev–Trinajstić information content (AvgIpc) is 2.73. The largest absolute Gasteiger partial charge is 0.493 e. The van der Waals surface area contributed by atoms with Crippen LogP contribution in [0.25, 0.3) is 17.0 Å². The number of ether oxygens (including phenoxy) is 3. The van der Waals surface area contributed by atoms with E-state index in [9.17, 15) is 9.59 Å². The summed E-state index contributed by atoms with van der Waals surface area (Å²) in [6.07, 6.45) is 2.99. The molecule has 0 N–H and O–H groups in total. The van der Waals surface area contributed by atoms with Gasteiger partial charge in [0.2, 0.25) is 0 Å².